The Morgan fingerprint density at radius 1 is 0.615 bits per heavy atom. The lowest BCUT2D eigenvalue weighted by Gasteiger charge is -2.11. The Labute approximate surface area is 164 Å². The van der Waals surface area contributed by atoms with Crippen LogP contribution in [0.2, 0.25) is 0 Å². The van der Waals surface area contributed by atoms with Gasteiger partial charge in [0.2, 0.25) is 0 Å². The summed E-state index contributed by atoms with van der Waals surface area (Å²) in [4.78, 5) is 0. The number of nitrogens with two attached hydrogens (primary N) is 1. The third-order valence-corrected chi connectivity index (χ3v) is 5.58. The Morgan fingerprint density at radius 2 is 1.08 bits per heavy atom. The molecule has 0 aliphatic rings. The van der Waals surface area contributed by atoms with Crippen LogP contribution in [0.25, 0.3) is 0 Å². The van der Waals surface area contributed by atoms with E-state index in [1.807, 2.05) is 0 Å². The van der Waals surface area contributed by atoms with Crippen LogP contribution in [-0.4, -0.2) is 6.04 Å². The van der Waals surface area contributed by atoms with Crippen LogP contribution in [0.5, 0.6) is 0 Å². The van der Waals surface area contributed by atoms with Gasteiger partial charge in [-0.2, -0.15) is 0 Å². The molecule has 0 spiro atoms. The maximum atomic E-state index is 6.27. The predicted molar refractivity (Wildman–Crippen MR) is 118 cm³/mol. The number of rotatable bonds is 18. The van der Waals surface area contributed by atoms with Crippen molar-refractivity contribution < 1.29 is 0 Å². The highest BCUT2D eigenvalue weighted by Crippen LogP contribution is 2.14. The molecule has 0 bridgehead atoms. The first-order valence-corrected chi connectivity index (χ1v) is 11.6. The fraction of sp³-hybridized carbons (Fsp3) is 0.760. The molecule has 1 aromatic carbocycles. The predicted octanol–water partition coefficient (Wildman–Crippen LogP) is 7.82. The summed E-state index contributed by atoms with van der Waals surface area (Å²) in [6.45, 7) is 2.29. The van der Waals surface area contributed by atoms with E-state index in [-0.39, 0.29) is 0 Å². The second-order valence-electron chi connectivity index (χ2n) is 8.17. The number of hydrogen-bond acceptors (Lipinski definition) is 1. The first-order valence-electron chi connectivity index (χ1n) is 11.6. The molecule has 1 atom stereocenters. The van der Waals surface area contributed by atoms with Crippen molar-refractivity contribution in [2.75, 3.05) is 0 Å². The molecule has 0 fully saturated rings. The van der Waals surface area contributed by atoms with Gasteiger partial charge in [-0.3, -0.25) is 0 Å². The summed E-state index contributed by atoms with van der Waals surface area (Å²) >= 11 is 0. The van der Waals surface area contributed by atoms with E-state index >= 15 is 0 Å². The Balaban J connectivity index is 1.77. The smallest absolute Gasteiger partial charge is 0.00419 e. The monoisotopic (exact) mass is 359 g/mol. The molecule has 2 N–H and O–H groups in total. The minimum Gasteiger partial charge on any atom is -0.328 e. The third kappa shape index (κ3) is 14.4. The van der Waals surface area contributed by atoms with E-state index in [0.29, 0.717) is 6.04 Å². The largest absolute Gasteiger partial charge is 0.328 e. The maximum Gasteiger partial charge on any atom is 0.00419 e. The summed E-state index contributed by atoms with van der Waals surface area (Å²) in [7, 11) is 0. The highest BCUT2D eigenvalue weighted by Gasteiger charge is 2.03. The van der Waals surface area contributed by atoms with E-state index in [0.717, 1.165) is 12.8 Å². The Bertz CT molecular complexity index is 386. The van der Waals surface area contributed by atoms with Crippen LogP contribution < -0.4 is 5.73 Å². The molecule has 1 aromatic rings. The van der Waals surface area contributed by atoms with Crippen molar-refractivity contribution >= 4 is 0 Å². The van der Waals surface area contributed by atoms with Gasteiger partial charge in [0.05, 0.1) is 0 Å². The van der Waals surface area contributed by atoms with Crippen molar-refractivity contribution in [2.24, 2.45) is 5.73 Å². The average molecular weight is 360 g/mol. The van der Waals surface area contributed by atoms with Gasteiger partial charge in [-0.1, -0.05) is 127 Å². The average Bonchev–Trinajstić information content (AvgIpc) is 2.67. The minimum atomic E-state index is 0.382. The van der Waals surface area contributed by atoms with Gasteiger partial charge in [0.15, 0.2) is 0 Å². The Morgan fingerprint density at radius 3 is 1.58 bits per heavy atom. The molecule has 26 heavy (non-hydrogen) atoms. The van der Waals surface area contributed by atoms with Crippen molar-refractivity contribution in [1.82, 2.24) is 0 Å². The highest BCUT2D eigenvalue weighted by molar-refractivity contribution is 5.14. The summed E-state index contributed by atoms with van der Waals surface area (Å²) in [6.07, 6.45) is 23.4. The molecule has 1 heteroatoms. The van der Waals surface area contributed by atoms with Gasteiger partial charge in [0, 0.05) is 6.04 Å². The fourth-order valence-corrected chi connectivity index (χ4v) is 3.74. The van der Waals surface area contributed by atoms with Gasteiger partial charge in [-0.25, -0.2) is 0 Å². The zero-order valence-electron chi connectivity index (χ0n) is 17.6. The molecule has 0 aromatic heterocycles. The molecule has 1 unspecified atom stereocenters. The van der Waals surface area contributed by atoms with E-state index < -0.39 is 0 Å². The molecule has 1 nitrogen and oxygen atoms in total. The summed E-state index contributed by atoms with van der Waals surface area (Å²) in [5.74, 6) is 0. The number of hydrogen-bond donors (Lipinski definition) is 1. The van der Waals surface area contributed by atoms with E-state index in [1.54, 1.807) is 0 Å². The minimum absolute atomic E-state index is 0.382. The van der Waals surface area contributed by atoms with E-state index in [1.165, 1.54) is 102 Å². The van der Waals surface area contributed by atoms with Gasteiger partial charge >= 0.3 is 0 Å². The van der Waals surface area contributed by atoms with Crippen LogP contribution in [0.3, 0.4) is 0 Å². The fourth-order valence-electron chi connectivity index (χ4n) is 3.74. The van der Waals surface area contributed by atoms with Crippen molar-refractivity contribution in [3.8, 4) is 0 Å². The molecule has 0 radical (unpaired) electrons. The maximum absolute atomic E-state index is 6.27. The Hall–Kier alpha value is -0.820. The zero-order chi connectivity index (χ0) is 18.7. The van der Waals surface area contributed by atoms with Crippen LogP contribution in [0.15, 0.2) is 30.3 Å². The van der Waals surface area contributed by atoms with E-state index in [4.69, 9.17) is 5.73 Å². The third-order valence-electron chi connectivity index (χ3n) is 5.58. The van der Waals surface area contributed by atoms with Crippen LogP contribution in [0.4, 0.5) is 0 Å². The first-order chi connectivity index (χ1) is 12.8. The molecule has 0 saturated carbocycles. The molecule has 0 heterocycles. The van der Waals surface area contributed by atoms with Crippen LogP contribution in [-0.2, 0) is 6.42 Å². The Kier molecular flexibility index (Phi) is 15.7. The molecular formula is C25H45N. The quantitative estimate of drug-likeness (QED) is 0.266. The van der Waals surface area contributed by atoms with E-state index in [2.05, 4.69) is 37.3 Å². The van der Waals surface area contributed by atoms with Gasteiger partial charge < -0.3 is 5.73 Å². The van der Waals surface area contributed by atoms with Crippen molar-refractivity contribution in [3.05, 3.63) is 35.9 Å². The second-order valence-corrected chi connectivity index (χ2v) is 8.17. The van der Waals surface area contributed by atoms with E-state index in [9.17, 15) is 0 Å². The second kappa shape index (κ2) is 17.6. The van der Waals surface area contributed by atoms with Gasteiger partial charge in [0.25, 0.3) is 0 Å². The summed E-state index contributed by atoms with van der Waals surface area (Å²) in [5, 5.41) is 0. The van der Waals surface area contributed by atoms with Crippen LogP contribution in [0, 0.1) is 0 Å². The molecule has 0 amide bonds. The standard InChI is InChI=1S/C25H45N/c1-2-3-4-5-6-7-8-9-10-11-12-13-14-18-21-25(26)23-22-24-19-16-15-17-20-24/h15-17,19-20,25H,2-14,18,21-23,26H2,1H3. The van der Waals surface area contributed by atoms with Crippen molar-refractivity contribution in [2.45, 2.75) is 122 Å². The summed E-state index contributed by atoms with van der Waals surface area (Å²) < 4.78 is 0. The topological polar surface area (TPSA) is 26.0 Å². The lowest BCUT2D eigenvalue weighted by atomic mass is 10.00. The normalized spacial score (nSPS) is 12.4. The molecule has 0 aliphatic carbocycles. The van der Waals surface area contributed by atoms with Gasteiger partial charge in [0.1, 0.15) is 0 Å². The number of unbranched alkanes of at least 4 members (excludes halogenated alkanes) is 13. The first kappa shape index (κ1) is 23.2. The van der Waals surface area contributed by atoms with Gasteiger partial charge in [-0.05, 0) is 24.8 Å². The SMILES string of the molecule is CCCCCCCCCCCCCCCCC(N)CCc1ccccc1. The molecule has 1 rings (SSSR count). The summed E-state index contributed by atoms with van der Waals surface area (Å²) in [6, 6.07) is 11.1. The molecule has 0 aliphatic heterocycles. The van der Waals surface area contributed by atoms with Crippen molar-refractivity contribution in [1.29, 1.82) is 0 Å². The molecule has 150 valence electrons. The van der Waals surface area contributed by atoms with Gasteiger partial charge in [-0.15, -0.1) is 0 Å². The van der Waals surface area contributed by atoms with Crippen LogP contribution >= 0.6 is 0 Å². The lowest BCUT2D eigenvalue weighted by Crippen LogP contribution is -2.20. The lowest BCUT2D eigenvalue weighted by molar-refractivity contribution is 0.502. The molecule has 0 saturated heterocycles. The number of benzene rings is 1. The number of aryl methyl sites for hydroxylation is 1. The highest BCUT2D eigenvalue weighted by atomic mass is 14.6. The van der Waals surface area contributed by atoms with Crippen molar-refractivity contribution in [3.63, 3.8) is 0 Å². The zero-order valence-corrected chi connectivity index (χ0v) is 17.6. The molecular weight excluding hydrogens is 314 g/mol. The summed E-state index contributed by atoms with van der Waals surface area (Å²) in [5.41, 5.74) is 7.69. The van der Waals surface area contributed by atoms with Crippen LogP contribution in [0.1, 0.15) is 115 Å².